The lowest BCUT2D eigenvalue weighted by Gasteiger charge is -2.15. The van der Waals surface area contributed by atoms with Gasteiger partial charge in [-0.25, -0.2) is 4.39 Å². The van der Waals surface area contributed by atoms with Crippen LogP contribution < -0.4 is 0 Å². The molecule has 0 radical (unpaired) electrons. The average Bonchev–Trinajstić information content (AvgIpc) is 2.39. The maximum atomic E-state index is 13.6. The van der Waals surface area contributed by atoms with Gasteiger partial charge in [0.05, 0.1) is 0 Å². The van der Waals surface area contributed by atoms with Crippen molar-refractivity contribution in [3.63, 3.8) is 0 Å². The Morgan fingerprint density at radius 1 is 1.22 bits per heavy atom. The molecule has 0 aliphatic heterocycles. The number of methoxy groups -OCH3 is 1. The summed E-state index contributed by atoms with van der Waals surface area (Å²) in [5.41, 5.74) is 0.759. The van der Waals surface area contributed by atoms with Gasteiger partial charge in [-0.15, -0.1) is 0 Å². The first-order valence-electron chi connectivity index (χ1n) is 6.16. The van der Waals surface area contributed by atoms with Crippen molar-refractivity contribution in [1.29, 1.82) is 0 Å². The molecule has 0 bridgehead atoms. The second-order valence-electron chi connectivity index (χ2n) is 4.12. The third-order valence-corrected chi connectivity index (χ3v) is 3.56. The minimum absolute atomic E-state index is 0.138. The predicted octanol–water partition coefficient (Wildman–Crippen LogP) is 3.75. The number of benzene rings is 1. The predicted molar refractivity (Wildman–Crippen MR) is 74.9 cm³/mol. The van der Waals surface area contributed by atoms with Crippen LogP contribution in [0.25, 0.3) is 0 Å². The van der Waals surface area contributed by atoms with Crippen molar-refractivity contribution < 1.29 is 13.9 Å². The van der Waals surface area contributed by atoms with Crippen LogP contribution in [0, 0.1) is 5.82 Å². The van der Waals surface area contributed by atoms with Crippen LogP contribution in [-0.2, 0) is 9.47 Å². The molecule has 0 amide bonds. The molecule has 1 aromatic rings. The quantitative estimate of drug-likeness (QED) is 0.510. The Morgan fingerprint density at radius 2 is 2.00 bits per heavy atom. The molecule has 0 N–H and O–H groups in total. The highest BCUT2D eigenvalue weighted by Gasteiger charge is 2.13. The van der Waals surface area contributed by atoms with Gasteiger partial charge in [-0.3, -0.25) is 0 Å². The minimum Gasteiger partial charge on any atom is -0.385 e. The van der Waals surface area contributed by atoms with Gasteiger partial charge in [0.15, 0.2) is 0 Å². The van der Waals surface area contributed by atoms with E-state index < -0.39 is 0 Å². The molecule has 1 unspecified atom stereocenters. The van der Waals surface area contributed by atoms with Crippen LogP contribution in [0.15, 0.2) is 24.3 Å². The molecular formula is C14H20BrFO2. The smallest absolute Gasteiger partial charge is 0.126 e. The summed E-state index contributed by atoms with van der Waals surface area (Å²) in [6.45, 7) is 2.06. The third-order valence-electron chi connectivity index (χ3n) is 2.78. The normalized spacial score (nSPS) is 12.6. The molecular weight excluding hydrogens is 299 g/mol. The molecule has 0 saturated carbocycles. The van der Waals surface area contributed by atoms with Gasteiger partial charge in [-0.05, 0) is 30.4 Å². The van der Waals surface area contributed by atoms with Gasteiger partial charge in [-0.1, -0.05) is 34.1 Å². The van der Waals surface area contributed by atoms with Gasteiger partial charge >= 0.3 is 0 Å². The minimum atomic E-state index is -0.138. The van der Waals surface area contributed by atoms with Gasteiger partial charge in [-0.2, -0.15) is 0 Å². The van der Waals surface area contributed by atoms with Crippen molar-refractivity contribution in [2.24, 2.45) is 0 Å². The lowest BCUT2D eigenvalue weighted by Crippen LogP contribution is -2.08. The SMILES string of the molecule is COCCCOCCC(CBr)c1ccccc1F. The molecule has 1 atom stereocenters. The molecule has 102 valence electrons. The number of hydrogen-bond donors (Lipinski definition) is 0. The molecule has 0 aliphatic carbocycles. The Balaban J connectivity index is 2.32. The zero-order valence-electron chi connectivity index (χ0n) is 10.7. The molecule has 1 rings (SSSR count). The first-order chi connectivity index (χ1) is 8.79. The highest BCUT2D eigenvalue weighted by Crippen LogP contribution is 2.24. The van der Waals surface area contributed by atoms with E-state index in [0.29, 0.717) is 13.2 Å². The summed E-state index contributed by atoms with van der Waals surface area (Å²) in [5, 5.41) is 0.745. The molecule has 0 fully saturated rings. The molecule has 4 heteroatoms. The topological polar surface area (TPSA) is 18.5 Å². The lowest BCUT2D eigenvalue weighted by atomic mass is 9.98. The van der Waals surface area contributed by atoms with Crippen LogP contribution in [0.1, 0.15) is 24.3 Å². The Bertz CT molecular complexity index is 333. The van der Waals surface area contributed by atoms with Crippen LogP contribution in [0.5, 0.6) is 0 Å². The van der Waals surface area contributed by atoms with Gasteiger partial charge in [0, 0.05) is 32.3 Å². The Kier molecular flexibility index (Phi) is 8.22. The first-order valence-corrected chi connectivity index (χ1v) is 7.28. The molecule has 0 heterocycles. The van der Waals surface area contributed by atoms with Gasteiger partial charge in [0.25, 0.3) is 0 Å². The monoisotopic (exact) mass is 318 g/mol. The summed E-state index contributed by atoms with van der Waals surface area (Å²) < 4.78 is 24.1. The van der Waals surface area contributed by atoms with Crippen molar-refractivity contribution in [2.75, 3.05) is 32.3 Å². The van der Waals surface area contributed by atoms with Crippen molar-refractivity contribution in [1.82, 2.24) is 0 Å². The zero-order chi connectivity index (χ0) is 13.2. The Hall–Kier alpha value is -0.450. The fraction of sp³-hybridized carbons (Fsp3) is 0.571. The van der Waals surface area contributed by atoms with Crippen molar-refractivity contribution in [3.05, 3.63) is 35.6 Å². The van der Waals surface area contributed by atoms with Crippen LogP contribution in [0.4, 0.5) is 4.39 Å². The zero-order valence-corrected chi connectivity index (χ0v) is 12.3. The van der Waals surface area contributed by atoms with E-state index in [1.807, 2.05) is 12.1 Å². The highest BCUT2D eigenvalue weighted by molar-refractivity contribution is 9.09. The second-order valence-corrected chi connectivity index (χ2v) is 4.77. The van der Waals surface area contributed by atoms with Crippen molar-refractivity contribution in [2.45, 2.75) is 18.8 Å². The van der Waals surface area contributed by atoms with E-state index >= 15 is 0 Å². The number of alkyl halides is 1. The number of ether oxygens (including phenoxy) is 2. The number of halogens is 2. The standard InChI is InChI=1S/C14H20BrFO2/c1-17-8-4-9-18-10-7-12(11-15)13-5-2-3-6-14(13)16/h2-3,5-6,12H,4,7-11H2,1H3. The molecule has 0 saturated heterocycles. The van der Waals surface area contributed by atoms with Crippen LogP contribution >= 0.6 is 15.9 Å². The third kappa shape index (κ3) is 5.46. The number of hydrogen-bond acceptors (Lipinski definition) is 2. The van der Waals surface area contributed by atoms with Crippen LogP contribution in [0.2, 0.25) is 0 Å². The summed E-state index contributed by atoms with van der Waals surface area (Å²) in [4.78, 5) is 0. The van der Waals surface area contributed by atoms with Gasteiger partial charge < -0.3 is 9.47 Å². The van der Waals surface area contributed by atoms with E-state index in [0.717, 1.165) is 30.3 Å². The fourth-order valence-electron chi connectivity index (χ4n) is 1.75. The van der Waals surface area contributed by atoms with Crippen molar-refractivity contribution >= 4 is 15.9 Å². The highest BCUT2D eigenvalue weighted by atomic mass is 79.9. The van der Waals surface area contributed by atoms with Crippen LogP contribution in [0.3, 0.4) is 0 Å². The molecule has 0 aliphatic rings. The Morgan fingerprint density at radius 3 is 2.67 bits per heavy atom. The van der Waals surface area contributed by atoms with Crippen molar-refractivity contribution in [3.8, 4) is 0 Å². The maximum absolute atomic E-state index is 13.6. The second kappa shape index (κ2) is 9.48. The molecule has 0 spiro atoms. The summed E-state index contributed by atoms with van der Waals surface area (Å²) in [5.74, 6) is 0.0231. The average molecular weight is 319 g/mol. The van der Waals surface area contributed by atoms with E-state index in [4.69, 9.17) is 9.47 Å². The van der Waals surface area contributed by atoms with Gasteiger partial charge in [0.1, 0.15) is 5.82 Å². The molecule has 0 aromatic heterocycles. The maximum Gasteiger partial charge on any atom is 0.126 e. The Labute approximate surface area is 117 Å². The van der Waals surface area contributed by atoms with Gasteiger partial charge in [0.2, 0.25) is 0 Å². The lowest BCUT2D eigenvalue weighted by molar-refractivity contribution is 0.0989. The summed E-state index contributed by atoms with van der Waals surface area (Å²) >= 11 is 3.44. The largest absolute Gasteiger partial charge is 0.385 e. The first kappa shape index (κ1) is 15.6. The molecule has 2 nitrogen and oxygen atoms in total. The van der Waals surface area contributed by atoms with E-state index in [-0.39, 0.29) is 11.7 Å². The number of rotatable bonds is 9. The summed E-state index contributed by atoms with van der Waals surface area (Å²) in [6, 6.07) is 6.93. The summed E-state index contributed by atoms with van der Waals surface area (Å²) in [6.07, 6.45) is 1.72. The van der Waals surface area contributed by atoms with E-state index in [1.165, 1.54) is 6.07 Å². The van der Waals surface area contributed by atoms with E-state index in [2.05, 4.69) is 15.9 Å². The van der Waals surface area contributed by atoms with E-state index in [9.17, 15) is 4.39 Å². The van der Waals surface area contributed by atoms with Crippen LogP contribution in [-0.4, -0.2) is 32.3 Å². The molecule has 18 heavy (non-hydrogen) atoms. The molecule has 1 aromatic carbocycles. The summed E-state index contributed by atoms with van der Waals surface area (Å²) in [7, 11) is 1.68. The van der Waals surface area contributed by atoms with E-state index in [1.54, 1.807) is 13.2 Å². The fourth-order valence-corrected chi connectivity index (χ4v) is 2.43.